The zero-order valence-electron chi connectivity index (χ0n) is 13.9. The van der Waals surface area contributed by atoms with E-state index in [-0.39, 0.29) is 11.9 Å². The average Bonchev–Trinajstić information content (AvgIpc) is 2.59. The van der Waals surface area contributed by atoms with Gasteiger partial charge in [0.1, 0.15) is 0 Å². The van der Waals surface area contributed by atoms with E-state index in [9.17, 15) is 9.90 Å². The molecular formula is C18H27N3O2. The number of rotatable bonds is 2. The topological polar surface area (TPSA) is 55.8 Å². The van der Waals surface area contributed by atoms with Gasteiger partial charge in [0.25, 0.3) is 0 Å². The number of carbonyl (C=O) groups excluding carboxylic acids is 1. The van der Waals surface area contributed by atoms with Gasteiger partial charge in [-0.05, 0) is 55.9 Å². The molecule has 2 unspecified atom stereocenters. The maximum Gasteiger partial charge on any atom is 0.321 e. The van der Waals surface area contributed by atoms with Gasteiger partial charge in [0.2, 0.25) is 0 Å². The summed E-state index contributed by atoms with van der Waals surface area (Å²) in [6.45, 7) is 5.39. The number of hydrogen-bond acceptors (Lipinski definition) is 3. The molecule has 2 atom stereocenters. The molecule has 2 N–H and O–H groups in total. The third-order valence-electron chi connectivity index (χ3n) is 5.05. The molecule has 0 bridgehead atoms. The van der Waals surface area contributed by atoms with Crippen LogP contribution >= 0.6 is 0 Å². The highest BCUT2D eigenvalue weighted by molar-refractivity contribution is 5.89. The Morgan fingerprint density at radius 2 is 1.83 bits per heavy atom. The summed E-state index contributed by atoms with van der Waals surface area (Å²) in [6.07, 6.45) is 4.27. The van der Waals surface area contributed by atoms with Crippen molar-refractivity contribution in [2.24, 2.45) is 5.92 Å². The SMILES string of the molecule is CC1CCN(C(=O)Nc2ccc(N3CCCCC3)cc2)CC1O. The van der Waals surface area contributed by atoms with E-state index >= 15 is 0 Å². The number of hydrogen-bond donors (Lipinski definition) is 2. The summed E-state index contributed by atoms with van der Waals surface area (Å²) < 4.78 is 0. The molecule has 0 spiro atoms. The number of aliphatic hydroxyl groups excluding tert-OH is 1. The van der Waals surface area contributed by atoms with Crippen molar-refractivity contribution in [3.8, 4) is 0 Å². The molecule has 1 aromatic carbocycles. The van der Waals surface area contributed by atoms with E-state index in [2.05, 4.69) is 22.3 Å². The molecular weight excluding hydrogens is 290 g/mol. The van der Waals surface area contributed by atoms with Crippen molar-refractivity contribution in [2.45, 2.75) is 38.7 Å². The Labute approximate surface area is 138 Å². The lowest BCUT2D eigenvalue weighted by molar-refractivity contribution is 0.0464. The van der Waals surface area contributed by atoms with Gasteiger partial charge in [0, 0.05) is 37.6 Å². The van der Waals surface area contributed by atoms with Crippen LogP contribution in [0.25, 0.3) is 0 Å². The van der Waals surface area contributed by atoms with Gasteiger partial charge in [-0.3, -0.25) is 0 Å². The van der Waals surface area contributed by atoms with Gasteiger partial charge < -0.3 is 20.2 Å². The third kappa shape index (κ3) is 3.96. The molecule has 2 aliphatic heterocycles. The van der Waals surface area contributed by atoms with Gasteiger partial charge in [-0.15, -0.1) is 0 Å². The minimum atomic E-state index is -0.420. The predicted octanol–water partition coefficient (Wildman–Crippen LogP) is 2.91. The largest absolute Gasteiger partial charge is 0.391 e. The van der Waals surface area contributed by atoms with Crippen molar-refractivity contribution in [3.63, 3.8) is 0 Å². The van der Waals surface area contributed by atoms with Crippen LogP contribution in [0.2, 0.25) is 0 Å². The second-order valence-electron chi connectivity index (χ2n) is 6.80. The summed E-state index contributed by atoms with van der Waals surface area (Å²) in [5.74, 6) is 0.267. The number of β-amino-alcohol motifs (C(OH)–C–C–N with tert-alkyl or cyclic N) is 1. The minimum absolute atomic E-state index is 0.123. The Hall–Kier alpha value is -1.75. The summed E-state index contributed by atoms with van der Waals surface area (Å²) in [5.41, 5.74) is 2.04. The molecule has 5 heteroatoms. The normalized spacial score (nSPS) is 25.3. The van der Waals surface area contributed by atoms with Crippen molar-refractivity contribution in [3.05, 3.63) is 24.3 Å². The number of anilines is 2. The standard InChI is InChI=1S/C18H27N3O2/c1-14-9-12-21(13-17(14)22)18(23)19-15-5-7-16(8-6-15)20-10-3-2-4-11-20/h5-8,14,17,22H,2-4,9-13H2,1H3,(H,19,23). The number of amides is 2. The first-order valence-electron chi connectivity index (χ1n) is 8.72. The highest BCUT2D eigenvalue weighted by Crippen LogP contribution is 2.22. The van der Waals surface area contributed by atoms with Crippen LogP contribution in [0.15, 0.2) is 24.3 Å². The van der Waals surface area contributed by atoms with Crippen LogP contribution in [0.5, 0.6) is 0 Å². The molecule has 126 valence electrons. The van der Waals surface area contributed by atoms with E-state index < -0.39 is 6.10 Å². The first-order chi connectivity index (χ1) is 11.1. The predicted molar refractivity (Wildman–Crippen MR) is 92.9 cm³/mol. The fraction of sp³-hybridized carbons (Fsp3) is 0.611. The number of aliphatic hydroxyl groups is 1. The summed E-state index contributed by atoms with van der Waals surface area (Å²) in [7, 11) is 0. The van der Waals surface area contributed by atoms with Gasteiger partial charge in [0.15, 0.2) is 0 Å². The van der Waals surface area contributed by atoms with Crippen LogP contribution in [-0.4, -0.2) is 48.3 Å². The molecule has 5 nitrogen and oxygen atoms in total. The minimum Gasteiger partial charge on any atom is -0.391 e. The number of carbonyl (C=O) groups is 1. The molecule has 23 heavy (non-hydrogen) atoms. The number of urea groups is 1. The lowest BCUT2D eigenvalue weighted by atomic mass is 9.96. The van der Waals surface area contributed by atoms with Gasteiger partial charge in [0.05, 0.1) is 6.10 Å². The molecule has 0 aromatic heterocycles. The molecule has 2 amide bonds. The molecule has 0 radical (unpaired) electrons. The van der Waals surface area contributed by atoms with Crippen molar-refractivity contribution >= 4 is 17.4 Å². The molecule has 3 rings (SSSR count). The van der Waals surface area contributed by atoms with Crippen molar-refractivity contribution in [2.75, 3.05) is 36.4 Å². The summed E-state index contributed by atoms with van der Waals surface area (Å²) in [5, 5.41) is 12.9. The van der Waals surface area contributed by atoms with Gasteiger partial charge in [-0.2, -0.15) is 0 Å². The maximum atomic E-state index is 12.3. The van der Waals surface area contributed by atoms with E-state index in [0.29, 0.717) is 13.1 Å². The molecule has 2 saturated heterocycles. The molecule has 1 aromatic rings. The van der Waals surface area contributed by atoms with Crippen LogP contribution < -0.4 is 10.2 Å². The Balaban J connectivity index is 1.56. The highest BCUT2D eigenvalue weighted by Gasteiger charge is 2.27. The summed E-state index contributed by atoms with van der Waals surface area (Å²) in [4.78, 5) is 16.4. The fourth-order valence-corrected chi connectivity index (χ4v) is 3.34. The Morgan fingerprint density at radius 1 is 1.13 bits per heavy atom. The summed E-state index contributed by atoms with van der Waals surface area (Å²) in [6, 6.07) is 7.96. The quantitative estimate of drug-likeness (QED) is 0.882. The van der Waals surface area contributed by atoms with Crippen molar-refractivity contribution in [1.82, 2.24) is 4.90 Å². The first-order valence-corrected chi connectivity index (χ1v) is 8.72. The number of benzene rings is 1. The molecule has 0 aliphatic carbocycles. The molecule has 0 saturated carbocycles. The van der Waals surface area contributed by atoms with E-state index in [1.165, 1.54) is 24.9 Å². The highest BCUT2D eigenvalue weighted by atomic mass is 16.3. The summed E-state index contributed by atoms with van der Waals surface area (Å²) >= 11 is 0. The second kappa shape index (κ2) is 7.21. The average molecular weight is 317 g/mol. The number of nitrogens with one attached hydrogen (secondary N) is 1. The fourth-order valence-electron chi connectivity index (χ4n) is 3.34. The van der Waals surface area contributed by atoms with Crippen LogP contribution in [0.1, 0.15) is 32.6 Å². The molecule has 2 heterocycles. The smallest absolute Gasteiger partial charge is 0.321 e. The van der Waals surface area contributed by atoms with E-state index in [4.69, 9.17) is 0 Å². The zero-order chi connectivity index (χ0) is 16.2. The Morgan fingerprint density at radius 3 is 2.48 bits per heavy atom. The van der Waals surface area contributed by atoms with Crippen LogP contribution in [0.4, 0.5) is 16.2 Å². The third-order valence-corrected chi connectivity index (χ3v) is 5.05. The number of piperidine rings is 2. The lowest BCUT2D eigenvalue weighted by Gasteiger charge is -2.34. The van der Waals surface area contributed by atoms with Crippen molar-refractivity contribution in [1.29, 1.82) is 0 Å². The number of likely N-dealkylation sites (tertiary alicyclic amines) is 1. The van der Waals surface area contributed by atoms with Crippen LogP contribution in [-0.2, 0) is 0 Å². The van der Waals surface area contributed by atoms with Gasteiger partial charge in [-0.1, -0.05) is 6.92 Å². The first kappa shape index (κ1) is 16.1. The van der Waals surface area contributed by atoms with Gasteiger partial charge >= 0.3 is 6.03 Å². The van der Waals surface area contributed by atoms with E-state index in [0.717, 1.165) is 25.2 Å². The molecule has 2 fully saturated rings. The molecule has 2 aliphatic rings. The van der Waals surface area contributed by atoms with Crippen LogP contribution in [0.3, 0.4) is 0 Å². The number of nitrogens with zero attached hydrogens (tertiary/aromatic N) is 2. The van der Waals surface area contributed by atoms with Crippen molar-refractivity contribution < 1.29 is 9.90 Å². The van der Waals surface area contributed by atoms with E-state index in [1.54, 1.807) is 4.90 Å². The van der Waals surface area contributed by atoms with Gasteiger partial charge in [-0.25, -0.2) is 4.79 Å². The zero-order valence-corrected chi connectivity index (χ0v) is 13.9. The maximum absolute atomic E-state index is 12.3. The lowest BCUT2D eigenvalue weighted by Crippen LogP contribution is -2.47. The van der Waals surface area contributed by atoms with Crippen LogP contribution in [0, 0.1) is 5.92 Å². The Kier molecular flexibility index (Phi) is 5.06. The van der Waals surface area contributed by atoms with E-state index in [1.807, 2.05) is 19.1 Å². The second-order valence-corrected chi connectivity index (χ2v) is 6.80. The monoisotopic (exact) mass is 317 g/mol. The Bertz CT molecular complexity index is 526.